The summed E-state index contributed by atoms with van der Waals surface area (Å²) in [4.78, 5) is 11.7. The number of hydrogen-bond donors (Lipinski definition) is 0. The first-order valence-corrected chi connectivity index (χ1v) is 7.91. The fourth-order valence-corrected chi connectivity index (χ4v) is 2.46. The van der Waals surface area contributed by atoms with E-state index in [1.807, 2.05) is 0 Å². The molecule has 1 aromatic rings. The third-order valence-corrected chi connectivity index (χ3v) is 3.63. The normalized spacial score (nSPS) is 12.3. The van der Waals surface area contributed by atoms with Crippen molar-refractivity contribution < 1.29 is 14.3 Å². The van der Waals surface area contributed by atoms with Crippen LogP contribution < -0.4 is 4.74 Å². The SMILES string of the molecule is CC[C@H](COC(=O)COc1ccc(Cl)cc1Cl)CC(C)C. The number of carbonyl (C=O) groups is 1. The van der Waals surface area contributed by atoms with Crippen molar-refractivity contribution in [3.8, 4) is 5.75 Å². The van der Waals surface area contributed by atoms with Crippen molar-refractivity contribution in [3.63, 3.8) is 0 Å². The molecule has 118 valence electrons. The third-order valence-electron chi connectivity index (χ3n) is 3.10. The van der Waals surface area contributed by atoms with Crippen LogP contribution in [0.5, 0.6) is 5.75 Å². The Morgan fingerprint density at radius 2 is 2.00 bits per heavy atom. The lowest BCUT2D eigenvalue weighted by Gasteiger charge is -2.17. The second kappa shape index (κ2) is 9.16. The van der Waals surface area contributed by atoms with Crippen LogP contribution in [0.1, 0.15) is 33.6 Å². The Morgan fingerprint density at radius 1 is 1.29 bits per heavy atom. The van der Waals surface area contributed by atoms with Gasteiger partial charge < -0.3 is 9.47 Å². The van der Waals surface area contributed by atoms with E-state index in [9.17, 15) is 4.79 Å². The predicted molar refractivity (Wildman–Crippen MR) is 86.2 cm³/mol. The molecule has 0 heterocycles. The lowest BCUT2D eigenvalue weighted by molar-refractivity contribution is -0.147. The summed E-state index contributed by atoms with van der Waals surface area (Å²) < 4.78 is 10.6. The standard InChI is InChI=1S/C16H22Cl2O3/c1-4-12(7-11(2)3)9-21-16(19)10-20-15-6-5-13(17)8-14(15)18/h5-6,8,11-12H,4,7,9-10H2,1-3H3/t12-/m0/s1. The number of ether oxygens (including phenoxy) is 2. The smallest absolute Gasteiger partial charge is 0.344 e. The van der Waals surface area contributed by atoms with Crippen LogP contribution in [0.2, 0.25) is 10.0 Å². The van der Waals surface area contributed by atoms with Crippen LogP contribution in [-0.4, -0.2) is 19.2 Å². The quantitative estimate of drug-likeness (QED) is 0.629. The van der Waals surface area contributed by atoms with Gasteiger partial charge in [0.15, 0.2) is 6.61 Å². The topological polar surface area (TPSA) is 35.5 Å². The van der Waals surface area contributed by atoms with Gasteiger partial charge >= 0.3 is 5.97 Å². The van der Waals surface area contributed by atoms with E-state index in [0.29, 0.717) is 34.2 Å². The molecule has 0 bridgehead atoms. The molecule has 0 aliphatic heterocycles. The van der Waals surface area contributed by atoms with E-state index in [1.54, 1.807) is 18.2 Å². The summed E-state index contributed by atoms with van der Waals surface area (Å²) >= 11 is 11.7. The maximum atomic E-state index is 11.7. The number of hydrogen-bond acceptors (Lipinski definition) is 3. The van der Waals surface area contributed by atoms with E-state index in [4.69, 9.17) is 32.7 Å². The second-order valence-electron chi connectivity index (χ2n) is 5.45. The lowest BCUT2D eigenvalue weighted by Crippen LogP contribution is -2.20. The summed E-state index contributed by atoms with van der Waals surface area (Å²) in [6.45, 7) is 6.71. The third kappa shape index (κ3) is 7.05. The maximum Gasteiger partial charge on any atom is 0.344 e. The van der Waals surface area contributed by atoms with Crippen molar-refractivity contribution in [3.05, 3.63) is 28.2 Å². The summed E-state index contributed by atoms with van der Waals surface area (Å²) in [5.74, 6) is 1.03. The molecule has 0 amide bonds. The highest BCUT2D eigenvalue weighted by molar-refractivity contribution is 6.35. The number of esters is 1. The van der Waals surface area contributed by atoms with Crippen LogP contribution in [0.25, 0.3) is 0 Å². The Balaban J connectivity index is 2.36. The van der Waals surface area contributed by atoms with Crippen LogP contribution in [0.4, 0.5) is 0 Å². The first-order valence-electron chi connectivity index (χ1n) is 7.15. The van der Waals surface area contributed by atoms with Crippen LogP contribution in [0.3, 0.4) is 0 Å². The van der Waals surface area contributed by atoms with Gasteiger partial charge in [0.05, 0.1) is 11.6 Å². The van der Waals surface area contributed by atoms with E-state index in [-0.39, 0.29) is 12.6 Å². The Kier molecular flexibility index (Phi) is 7.91. The van der Waals surface area contributed by atoms with E-state index in [2.05, 4.69) is 20.8 Å². The van der Waals surface area contributed by atoms with Crippen molar-refractivity contribution in [1.82, 2.24) is 0 Å². The average Bonchev–Trinajstić information content (AvgIpc) is 2.42. The number of rotatable bonds is 8. The highest BCUT2D eigenvalue weighted by Crippen LogP contribution is 2.27. The summed E-state index contributed by atoms with van der Waals surface area (Å²) in [6, 6.07) is 4.86. The largest absolute Gasteiger partial charge is 0.480 e. The first kappa shape index (κ1) is 18.1. The number of halogens is 2. The molecule has 0 aliphatic rings. The van der Waals surface area contributed by atoms with Crippen LogP contribution >= 0.6 is 23.2 Å². The lowest BCUT2D eigenvalue weighted by atomic mass is 9.96. The minimum atomic E-state index is -0.386. The maximum absolute atomic E-state index is 11.7. The zero-order chi connectivity index (χ0) is 15.8. The van der Waals surface area contributed by atoms with Crippen LogP contribution in [0.15, 0.2) is 18.2 Å². The van der Waals surface area contributed by atoms with E-state index in [1.165, 1.54) is 0 Å². The Labute approximate surface area is 136 Å². The van der Waals surface area contributed by atoms with Crippen molar-refractivity contribution in [2.75, 3.05) is 13.2 Å². The van der Waals surface area contributed by atoms with Gasteiger partial charge in [-0.05, 0) is 36.5 Å². The molecule has 0 saturated carbocycles. The van der Waals surface area contributed by atoms with Gasteiger partial charge in [-0.1, -0.05) is 50.4 Å². The van der Waals surface area contributed by atoms with E-state index >= 15 is 0 Å². The minimum Gasteiger partial charge on any atom is -0.480 e. The molecule has 1 rings (SSSR count). The summed E-state index contributed by atoms with van der Waals surface area (Å²) in [6.07, 6.45) is 2.04. The van der Waals surface area contributed by atoms with Crippen LogP contribution in [0, 0.1) is 11.8 Å². The van der Waals surface area contributed by atoms with E-state index < -0.39 is 0 Å². The zero-order valence-corrected chi connectivity index (χ0v) is 14.2. The first-order chi connectivity index (χ1) is 9.92. The average molecular weight is 333 g/mol. The Hall–Kier alpha value is -0.930. The summed E-state index contributed by atoms with van der Waals surface area (Å²) in [7, 11) is 0. The van der Waals surface area contributed by atoms with Gasteiger partial charge in [-0.15, -0.1) is 0 Å². The molecule has 0 aliphatic carbocycles. The van der Waals surface area contributed by atoms with E-state index in [0.717, 1.165) is 12.8 Å². The van der Waals surface area contributed by atoms with Gasteiger partial charge in [0.1, 0.15) is 5.75 Å². The molecule has 5 heteroatoms. The molecule has 21 heavy (non-hydrogen) atoms. The van der Waals surface area contributed by atoms with Gasteiger partial charge in [0, 0.05) is 5.02 Å². The van der Waals surface area contributed by atoms with Gasteiger partial charge in [-0.3, -0.25) is 0 Å². The number of carbonyl (C=O) groups excluding carboxylic acids is 1. The molecular weight excluding hydrogens is 311 g/mol. The summed E-state index contributed by atoms with van der Waals surface area (Å²) in [5, 5.41) is 0.899. The Bertz CT molecular complexity index is 461. The molecule has 0 aromatic heterocycles. The van der Waals surface area contributed by atoms with Crippen molar-refractivity contribution >= 4 is 29.2 Å². The fourth-order valence-electron chi connectivity index (χ4n) is 2.00. The molecule has 1 atom stereocenters. The highest BCUT2D eigenvalue weighted by Gasteiger charge is 2.13. The van der Waals surface area contributed by atoms with Crippen molar-refractivity contribution in [2.45, 2.75) is 33.6 Å². The molecular formula is C16H22Cl2O3. The zero-order valence-electron chi connectivity index (χ0n) is 12.7. The fraction of sp³-hybridized carbons (Fsp3) is 0.562. The minimum absolute atomic E-state index is 0.153. The molecule has 1 aromatic carbocycles. The summed E-state index contributed by atoms with van der Waals surface area (Å²) in [5.41, 5.74) is 0. The molecule has 0 spiro atoms. The Morgan fingerprint density at radius 3 is 2.57 bits per heavy atom. The molecule has 0 unspecified atom stereocenters. The van der Waals surface area contributed by atoms with Crippen molar-refractivity contribution in [2.24, 2.45) is 11.8 Å². The van der Waals surface area contributed by atoms with Gasteiger partial charge in [0.25, 0.3) is 0 Å². The monoisotopic (exact) mass is 332 g/mol. The molecule has 0 saturated heterocycles. The predicted octanol–water partition coefficient (Wildman–Crippen LogP) is 4.99. The highest BCUT2D eigenvalue weighted by atomic mass is 35.5. The molecule has 3 nitrogen and oxygen atoms in total. The second-order valence-corrected chi connectivity index (χ2v) is 6.29. The molecule has 0 N–H and O–H groups in total. The molecule has 0 fully saturated rings. The number of benzene rings is 1. The van der Waals surface area contributed by atoms with Gasteiger partial charge in [0.2, 0.25) is 0 Å². The molecule has 0 radical (unpaired) electrons. The van der Waals surface area contributed by atoms with Crippen LogP contribution in [-0.2, 0) is 9.53 Å². The van der Waals surface area contributed by atoms with Crippen molar-refractivity contribution in [1.29, 1.82) is 0 Å². The van der Waals surface area contributed by atoms with Gasteiger partial charge in [-0.25, -0.2) is 4.79 Å². The van der Waals surface area contributed by atoms with Gasteiger partial charge in [-0.2, -0.15) is 0 Å².